The van der Waals surface area contributed by atoms with E-state index < -0.39 is 10.5 Å². The van der Waals surface area contributed by atoms with Crippen LogP contribution in [0.5, 0.6) is 0 Å². The third kappa shape index (κ3) is 3.70. The first kappa shape index (κ1) is 22.9. The number of rotatable bonds is 2. The Morgan fingerprint density at radius 1 is 1.00 bits per heavy atom. The van der Waals surface area contributed by atoms with Crippen molar-refractivity contribution < 1.29 is 14.8 Å². The minimum absolute atomic E-state index is 0.0621. The summed E-state index contributed by atoms with van der Waals surface area (Å²) in [7, 11) is 1.89. The molecule has 5 nitrogen and oxygen atoms in total. The van der Waals surface area contributed by atoms with Gasteiger partial charge in [0.1, 0.15) is 5.60 Å². The molecule has 1 aromatic carbocycles. The summed E-state index contributed by atoms with van der Waals surface area (Å²) in [6.45, 7) is 4.99. The predicted octanol–water partition coefficient (Wildman–Crippen LogP) is 5.74. The smallest absolute Gasteiger partial charge is 0.269 e. The lowest BCUT2D eigenvalue weighted by Crippen LogP contribution is -2.56. The Bertz CT molecular complexity index is 980. The van der Waals surface area contributed by atoms with Crippen LogP contribution in [-0.4, -0.2) is 28.8 Å². The quantitative estimate of drug-likeness (QED) is 0.354. The summed E-state index contributed by atoms with van der Waals surface area (Å²) in [6.07, 6.45) is 10.4. The van der Waals surface area contributed by atoms with Gasteiger partial charge in [0.2, 0.25) is 0 Å². The maximum Gasteiger partial charge on any atom is 0.269 e. The molecule has 1 aromatic rings. The highest BCUT2D eigenvalue weighted by Crippen LogP contribution is 2.67. The fraction of sp³-hybridized carbons (Fsp3) is 0.714. The molecule has 0 heterocycles. The first-order chi connectivity index (χ1) is 15.7. The highest BCUT2D eigenvalue weighted by molar-refractivity contribution is 5.42. The molecule has 0 bridgehead atoms. The topological polar surface area (TPSA) is 72.6 Å². The summed E-state index contributed by atoms with van der Waals surface area (Å²) in [5.41, 5.74) is 0.441. The van der Waals surface area contributed by atoms with Crippen molar-refractivity contribution in [2.45, 2.75) is 83.3 Å². The molecule has 4 saturated carbocycles. The second kappa shape index (κ2) is 8.10. The molecule has 0 amide bonds. The van der Waals surface area contributed by atoms with Crippen molar-refractivity contribution in [1.82, 2.24) is 0 Å². The molecule has 5 rings (SSSR count). The maximum absolute atomic E-state index is 11.4. The molecule has 0 spiro atoms. The lowest BCUT2D eigenvalue weighted by atomic mass is 9.44. The molecule has 0 aliphatic heterocycles. The Morgan fingerprint density at radius 2 is 1.73 bits per heavy atom. The molecule has 4 fully saturated rings. The number of aliphatic hydroxyl groups is 1. The molecule has 1 N–H and O–H groups in total. The second-order valence-electron chi connectivity index (χ2n) is 11.8. The monoisotopic (exact) mass is 451 g/mol. The van der Waals surface area contributed by atoms with Crippen LogP contribution in [0.3, 0.4) is 0 Å². The average Bonchev–Trinajstić information content (AvgIpc) is 3.15. The number of nitrogens with zero attached hydrogens (tertiary/aromatic N) is 1. The number of nitro groups is 1. The molecule has 178 valence electrons. The van der Waals surface area contributed by atoms with Crippen LogP contribution in [0.2, 0.25) is 0 Å². The van der Waals surface area contributed by atoms with Gasteiger partial charge >= 0.3 is 0 Å². The fourth-order valence-electron chi connectivity index (χ4n) is 8.55. The van der Waals surface area contributed by atoms with Crippen molar-refractivity contribution in [2.24, 2.45) is 34.5 Å². The number of non-ortho nitro benzene ring substituents is 1. The van der Waals surface area contributed by atoms with E-state index in [9.17, 15) is 15.2 Å². The first-order valence-corrected chi connectivity index (χ1v) is 12.7. The van der Waals surface area contributed by atoms with E-state index in [2.05, 4.69) is 25.7 Å². The van der Waals surface area contributed by atoms with Gasteiger partial charge in [0.15, 0.2) is 0 Å². The van der Waals surface area contributed by atoms with Crippen LogP contribution in [0.15, 0.2) is 24.3 Å². The van der Waals surface area contributed by atoms with E-state index in [4.69, 9.17) is 4.74 Å². The van der Waals surface area contributed by atoms with Crippen molar-refractivity contribution >= 4 is 5.69 Å². The van der Waals surface area contributed by atoms with Crippen molar-refractivity contribution in [1.29, 1.82) is 0 Å². The van der Waals surface area contributed by atoms with Gasteiger partial charge in [0, 0.05) is 24.8 Å². The lowest BCUT2D eigenvalue weighted by molar-refractivity contribution is -0.384. The van der Waals surface area contributed by atoms with Gasteiger partial charge in [-0.2, -0.15) is 0 Å². The van der Waals surface area contributed by atoms with E-state index in [0.717, 1.165) is 30.6 Å². The summed E-state index contributed by atoms with van der Waals surface area (Å²) in [4.78, 5) is 10.5. The zero-order chi connectivity index (χ0) is 23.4. The van der Waals surface area contributed by atoms with Crippen LogP contribution < -0.4 is 0 Å². The van der Waals surface area contributed by atoms with E-state index in [1.165, 1.54) is 50.7 Å². The average molecular weight is 452 g/mol. The minimum atomic E-state index is -0.962. The number of hydrogen-bond donors (Lipinski definition) is 1. The number of benzene rings is 1. The number of nitro benzene ring substituents is 1. The van der Waals surface area contributed by atoms with Gasteiger partial charge in [-0.15, -0.1) is 0 Å². The number of hydrogen-bond acceptors (Lipinski definition) is 4. The molecule has 4 unspecified atom stereocenters. The Kier molecular flexibility index (Phi) is 5.61. The van der Waals surface area contributed by atoms with Gasteiger partial charge in [0.05, 0.1) is 11.0 Å². The van der Waals surface area contributed by atoms with Gasteiger partial charge in [-0.05, 0) is 104 Å². The van der Waals surface area contributed by atoms with Gasteiger partial charge in [-0.3, -0.25) is 10.1 Å². The van der Waals surface area contributed by atoms with Gasteiger partial charge in [-0.25, -0.2) is 0 Å². The van der Waals surface area contributed by atoms with Crippen LogP contribution in [-0.2, 0) is 4.74 Å². The number of fused-ring (bicyclic) bond motifs is 5. The van der Waals surface area contributed by atoms with Crippen molar-refractivity contribution in [3.8, 4) is 11.8 Å². The molecule has 5 heteroatoms. The van der Waals surface area contributed by atoms with Crippen LogP contribution in [0, 0.1) is 56.5 Å². The maximum atomic E-state index is 11.4. The molecular formula is C28H37NO4. The largest absolute Gasteiger partial charge is 0.381 e. The second-order valence-corrected chi connectivity index (χ2v) is 11.8. The van der Waals surface area contributed by atoms with E-state index >= 15 is 0 Å². The number of methoxy groups -OCH3 is 1. The molecule has 0 saturated heterocycles. The summed E-state index contributed by atoms with van der Waals surface area (Å²) in [5.74, 6) is 9.08. The first-order valence-electron chi connectivity index (χ1n) is 12.7. The van der Waals surface area contributed by atoms with Crippen molar-refractivity contribution in [3.05, 3.63) is 39.9 Å². The molecule has 0 aromatic heterocycles. The Morgan fingerprint density at radius 3 is 2.42 bits per heavy atom. The highest BCUT2D eigenvalue weighted by atomic mass is 16.6. The van der Waals surface area contributed by atoms with E-state index in [0.29, 0.717) is 29.4 Å². The summed E-state index contributed by atoms with van der Waals surface area (Å²) >= 11 is 0. The van der Waals surface area contributed by atoms with E-state index in [1.54, 1.807) is 12.1 Å². The third-order valence-electron chi connectivity index (χ3n) is 10.4. The van der Waals surface area contributed by atoms with Gasteiger partial charge in [-0.1, -0.05) is 25.7 Å². The zero-order valence-corrected chi connectivity index (χ0v) is 20.2. The Hall–Kier alpha value is -1.90. The zero-order valence-electron chi connectivity index (χ0n) is 20.2. The molecular weight excluding hydrogens is 414 g/mol. The summed E-state index contributed by atoms with van der Waals surface area (Å²) in [5, 5.41) is 22.3. The highest BCUT2D eigenvalue weighted by Gasteiger charge is 2.61. The van der Waals surface area contributed by atoms with Crippen LogP contribution >= 0.6 is 0 Å². The van der Waals surface area contributed by atoms with Crippen molar-refractivity contribution in [3.63, 3.8) is 0 Å². The number of ether oxygens (including phenoxy) is 1. The summed E-state index contributed by atoms with van der Waals surface area (Å²) < 4.78 is 5.92. The predicted molar refractivity (Wildman–Crippen MR) is 127 cm³/mol. The summed E-state index contributed by atoms with van der Waals surface area (Å²) in [6, 6.07) is 6.28. The molecule has 8 atom stereocenters. The lowest BCUT2D eigenvalue weighted by Gasteiger charge is -2.61. The fourth-order valence-corrected chi connectivity index (χ4v) is 8.55. The standard InChI is InChI=1S/C28H37NO4/c1-26-16-17-28(30,15-12-19-4-7-21(8-5-19)29(31)32)18-20(26)6-9-22-23-10-11-25(33-3)27(23,2)14-13-24(22)26/h4-5,7-8,20,22-25,30H,6,9-11,13-14,16-18H2,1-3H3/t20?,22?,23?,24?,25-,26-,27-,28+/m0/s1. The normalized spacial score (nSPS) is 44.1. The van der Waals surface area contributed by atoms with Crippen LogP contribution in [0.25, 0.3) is 0 Å². The third-order valence-corrected chi connectivity index (χ3v) is 10.4. The van der Waals surface area contributed by atoms with E-state index in [1.807, 2.05) is 7.11 Å². The van der Waals surface area contributed by atoms with Crippen molar-refractivity contribution in [2.75, 3.05) is 7.11 Å². The van der Waals surface area contributed by atoms with Gasteiger partial charge < -0.3 is 9.84 Å². The molecule has 4 aliphatic carbocycles. The van der Waals surface area contributed by atoms with E-state index in [-0.39, 0.29) is 11.1 Å². The SMILES string of the molecule is CO[C@H]1CCC2C3CCC4C[C@@](O)(C#Cc5ccc([N+](=O)[O-])cc5)CC[C@]4(C)C3CC[C@@]21C. The van der Waals surface area contributed by atoms with Crippen LogP contribution in [0.1, 0.15) is 77.2 Å². The molecule has 33 heavy (non-hydrogen) atoms. The van der Waals surface area contributed by atoms with Crippen LogP contribution in [0.4, 0.5) is 5.69 Å². The molecule has 0 radical (unpaired) electrons. The van der Waals surface area contributed by atoms with Gasteiger partial charge in [0.25, 0.3) is 5.69 Å². The minimum Gasteiger partial charge on any atom is -0.381 e. The Labute approximate surface area is 197 Å². The molecule has 4 aliphatic rings. The Balaban J connectivity index is 1.32.